The van der Waals surface area contributed by atoms with Gasteiger partial charge >= 0.3 is 25.6 Å². The molecule has 1 N–H and O–H groups in total. The van der Waals surface area contributed by atoms with E-state index in [1.807, 2.05) is 0 Å². The van der Waals surface area contributed by atoms with Gasteiger partial charge in [0.2, 0.25) is 0 Å². The molecule has 12 heteroatoms. The largest absolute Gasteiger partial charge is 0.462 e. The van der Waals surface area contributed by atoms with Crippen LogP contribution in [0.4, 0.5) is 4.79 Å². The van der Waals surface area contributed by atoms with E-state index in [2.05, 4.69) is 83.3 Å². The molecule has 5 atom stereocenters. The predicted molar refractivity (Wildman–Crippen MR) is 215 cm³/mol. The molecule has 5 rings (SSSR count). The molecule has 1 heterocycles. The van der Waals surface area contributed by atoms with Gasteiger partial charge < -0.3 is 28.8 Å². The van der Waals surface area contributed by atoms with Crippen molar-refractivity contribution in [1.29, 1.82) is 0 Å². The first kappa shape index (κ1) is 43.0. The number of carbonyl (C=O) groups excluding carboxylic acids is 3. The van der Waals surface area contributed by atoms with Gasteiger partial charge in [-0.1, -0.05) is 90.1 Å². The normalized spacial score (nSPS) is 20.7. The van der Waals surface area contributed by atoms with Gasteiger partial charge in [-0.15, -0.1) is 0 Å². The molecule has 3 aromatic carbocycles. The van der Waals surface area contributed by atoms with Gasteiger partial charge in [0.1, 0.15) is 37.8 Å². The molecular weight excluding hydrogens is 733 g/mol. The second-order valence-electron chi connectivity index (χ2n) is 18.0. The minimum Gasteiger partial charge on any atom is -0.462 e. The number of fused-ring (bicyclic) bond motifs is 3. The third kappa shape index (κ3) is 10.4. The Hall–Kier alpha value is -4.18. The Morgan fingerprint density at radius 1 is 0.768 bits per heavy atom. The number of carbonyl (C=O) groups is 3. The molecule has 0 spiro atoms. The first-order valence-electron chi connectivity index (χ1n) is 19.2. The number of alkyl carbamates (subject to hydrolysis) is 1. The first-order valence-corrected chi connectivity index (χ1v) is 21.1. The van der Waals surface area contributed by atoms with Crippen molar-refractivity contribution >= 4 is 25.6 Å². The number of ether oxygens (including phenoxy) is 4. The third-order valence-electron chi connectivity index (χ3n) is 10.1. The molecule has 304 valence electrons. The van der Waals surface area contributed by atoms with E-state index in [1.54, 1.807) is 52.0 Å². The van der Waals surface area contributed by atoms with Crippen LogP contribution in [0.25, 0.3) is 11.1 Å². The second-order valence-corrected chi connectivity index (χ2v) is 19.9. The van der Waals surface area contributed by atoms with Crippen LogP contribution in [-0.4, -0.2) is 62.3 Å². The molecule has 1 saturated heterocycles. The lowest BCUT2D eigenvalue weighted by Gasteiger charge is -2.28. The number of hydrogen-bond donors (Lipinski definition) is 1. The van der Waals surface area contributed by atoms with Gasteiger partial charge in [-0.05, 0) is 89.6 Å². The van der Waals surface area contributed by atoms with Crippen molar-refractivity contribution in [3.63, 3.8) is 0 Å². The average molecular weight is 792 g/mol. The quantitative estimate of drug-likeness (QED) is 0.114. The summed E-state index contributed by atoms with van der Waals surface area (Å²) in [5, 5.41) is 2.92. The molecule has 1 fully saturated rings. The van der Waals surface area contributed by atoms with Crippen LogP contribution in [0.15, 0.2) is 60.7 Å². The minimum absolute atomic E-state index is 0.0777. The van der Waals surface area contributed by atoms with Crippen LogP contribution in [-0.2, 0) is 55.1 Å². The molecule has 3 aromatic rings. The van der Waals surface area contributed by atoms with E-state index < -0.39 is 55.4 Å². The Labute approximate surface area is 331 Å². The third-order valence-corrected chi connectivity index (χ3v) is 11.3. The number of benzene rings is 3. The summed E-state index contributed by atoms with van der Waals surface area (Å²) >= 11 is 0. The smallest absolute Gasteiger partial charge is 0.407 e. The molecule has 0 bridgehead atoms. The van der Waals surface area contributed by atoms with Gasteiger partial charge in [0, 0.05) is 19.5 Å². The SMILES string of the molecule is CC(=O)OCc1ccc(OP(C)(=O)OC2C(NC(=O)OCC3c4cc(C(C)(C)C)ccc4-c4ccc(C(C)(C)C)cc43)[C@H](C)O[C@@H]2COC(=O)C(C)(C)C)cc1. The molecule has 1 amide bonds. The Balaban J connectivity index is 1.36. The summed E-state index contributed by atoms with van der Waals surface area (Å²) in [5.41, 5.74) is 6.63. The topological polar surface area (TPSA) is 136 Å². The van der Waals surface area contributed by atoms with Gasteiger partial charge in [-0.2, -0.15) is 0 Å². The van der Waals surface area contributed by atoms with Gasteiger partial charge in [0.15, 0.2) is 0 Å². The fourth-order valence-electron chi connectivity index (χ4n) is 6.85. The second kappa shape index (κ2) is 16.4. The van der Waals surface area contributed by atoms with Crippen LogP contribution in [0.1, 0.15) is 110 Å². The van der Waals surface area contributed by atoms with Crippen molar-refractivity contribution in [2.24, 2.45) is 5.41 Å². The lowest BCUT2D eigenvalue weighted by Crippen LogP contribution is -2.49. The lowest BCUT2D eigenvalue weighted by molar-refractivity contribution is -0.158. The zero-order valence-electron chi connectivity index (χ0n) is 34.8. The van der Waals surface area contributed by atoms with Crippen molar-refractivity contribution in [2.75, 3.05) is 19.9 Å². The Morgan fingerprint density at radius 2 is 1.32 bits per heavy atom. The maximum absolute atomic E-state index is 13.9. The number of amides is 1. The summed E-state index contributed by atoms with van der Waals surface area (Å²) in [5.74, 6) is -0.795. The molecule has 2 aliphatic rings. The highest BCUT2D eigenvalue weighted by atomic mass is 31.2. The van der Waals surface area contributed by atoms with Crippen molar-refractivity contribution in [2.45, 2.75) is 124 Å². The monoisotopic (exact) mass is 791 g/mol. The van der Waals surface area contributed by atoms with Crippen molar-refractivity contribution < 1.29 is 46.9 Å². The van der Waals surface area contributed by atoms with E-state index in [4.69, 9.17) is 28.0 Å². The summed E-state index contributed by atoms with van der Waals surface area (Å²) in [6, 6.07) is 18.8. The van der Waals surface area contributed by atoms with Crippen LogP contribution in [0.3, 0.4) is 0 Å². The van der Waals surface area contributed by atoms with E-state index in [0.29, 0.717) is 0 Å². The van der Waals surface area contributed by atoms with Crippen LogP contribution in [0.5, 0.6) is 5.75 Å². The Kier molecular flexibility index (Phi) is 12.5. The number of hydrogen-bond acceptors (Lipinski definition) is 10. The van der Waals surface area contributed by atoms with E-state index in [0.717, 1.165) is 27.8 Å². The first-order chi connectivity index (χ1) is 25.9. The maximum atomic E-state index is 13.9. The maximum Gasteiger partial charge on any atom is 0.407 e. The molecule has 3 unspecified atom stereocenters. The summed E-state index contributed by atoms with van der Waals surface area (Å²) in [7, 11) is -3.88. The standard InChI is InChI=1S/C44H58NO10P/c1-26-38(39(37(53-26)25-51-40(47)44(9,10)11)55-56(12,49)54-31-17-13-28(14-18-31)23-50-27(2)46)45-41(48)52-24-36-34-21-29(42(3,4)5)15-19-32(34)33-20-16-30(22-35(33)36)43(6,7)8/h13-22,26,36-39H,23-25H2,1-12H3,(H,45,48)/t26-,37+,38?,39?,56?/m0/s1. The van der Waals surface area contributed by atoms with E-state index >= 15 is 0 Å². The highest BCUT2D eigenvalue weighted by Gasteiger charge is 2.48. The fraction of sp³-hybridized carbons (Fsp3) is 0.523. The minimum atomic E-state index is -3.88. The Morgan fingerprint density at radius 3 is 1.82 bits per heavy atom. The summed E-state index contributed by atoms with van der Waals surface area (Å²) < 4.78 is 48.8. The average Bonchev–Trinajstić information content (AvgIpc) is 3.55. The lowest BCUT2D eigenvalue weighted by atomic mass is 9.83. The van der Waals surface area contributed by atoms with Crippen LogP contribution >= 0.6 is 7.60 Å². The number of esters is 2. The van der Waals surface area contributed by atoms with Gasteiger partial charge in [-0.25, -0.2) is 9.36 Å². The zero-order valence-corrected chi connectivity index (χ0v) is 35.7. The van der Waals surface area contributed by atoms with E-state index in [1.165, 1.54) is 24.7 Å². The van der Waals surface area contributed by atoms with Crippen molar-refractivity contribution in [3.8, 4) is 16.9 Å². The highest BCUT2D eigenvalue weighted by Crippen LogP contribution is 2.49. The zero-order chi connectivity index (χ0) is 41.4. The Bertz CT molecular complexity index is 1910. The molecule has 0 saturated carbocycles. The molecule has 1 aliphatic heterocycles. The molecule has 0 aromatic heterocycles. The van der Waals surface area contributed by atoms with Gasteiger partial charge in [-0.3, -0.25) is 14.1 Å². The summed E-state index contributed by atoms with van der Waals surface area (Å²) in [6.07, 6.45) is -3.26. The summed E-state index contributed by atoms with van der Waals surface area (Å²) in [6.45, 7) is 22.6. The molecule has 56 heavy (non-hydrogen) atoms. The predicted octanol–water partition coefficient (Wildman–Crippen LogP) is 9.22. The van der Waals surface area contributed by atoms with Crippen LogP contribution in [0, 0.1) is 5.41 Å². The van der Waals surface area contributed by atoms with Gasteiger partial charge in [0.25, 0.3) is 0 Å². The van der Waals surface area contributed by atoms with Crippen molar-refractivity contribution in [3.05, 3.63) is 88.5 Å². The molecule has 11 nitrogen and oxygen atoms in total. The molecule has 0 radical (unpaired) electrons. The van der Waals surface area contributed by atoms with E-state index in [-0.39, 0.29) is 42.3 Å². The molecule has 1 aliphatic carbocycles. The van der Waals surface area contributed by atoms with Crippen LogP contribution in [0.2, 0.25) is 0 Å². The van der Waals surface area contributed by atoms with E-state index in [9.17, 15) is 18.9 Å². The number of nitrogens with one attached hydrogen (secondary N) is 1. The van der Waals surface area contributed by atoms with Crippen LogP contribution < -0.4 is 9.84 Å². The van der Waals surface area contributed by atoms with Gasteiger partial charge in [0.05, 0.1) is 17.6 Å². The fourth-order valence-corrected chi connectivity index (χ4v) is 8.11. The van der Waals surface area contributed by atoms with Crippen molar-refractivity contribution in [1.82, 2.24) is 5.32 Å². The molecular formula is C44H58NO10P. The summed E-state index contributed by atoms with van der Waals surface area (Å²) in [4.78, 5) is 37.7. The highest BCUT2D eigenvalue weighted by molar-refractivity contribution is 7.53. The number of rotatable bonds is 11.